The first kappa shape index (κ1) is 21.2. The number of piperazine rings is 1. The van der Waals surface area contributed by atoms with Gasteiger partial charge in [-0.15, -0.1) is 0 Å². The van der Waals surface area contributed by atoms with Gasteiger partial charge in [0.2, 0.25) is 5.91 Å². The number of benzene rings is 1. The molecule has 1 aromatic carbocycles. The topological polar surface area (TPSA) is 73.9 Å². The molecule has 2 N–H and O–H groups in total. The normalized spacial score (nSPS) is 14.8. The first-order valence-electron chi connectivity index (χ1n) is 9.84. The Morgan fingerprint density at radius 1 is 1.11 bits per heavy atom. The average molecular weight is 377 g/mol. The van der Waals surface area contributed by atoms with Gasteiger partial charge in [0.15, 0.2) is 0 Å². The van der Waals surface area contributed by atoms with Gasteiger partial charge in [0.05, 0.1) is 6.54 Å². The van der Waals surface area contributed by atoms with Gasteiger partial charge in [-0.3, -0.25) is 9.69 Å². The number of hydrogen-bond acceptors (Lipinski definition) is 4. The molecule has 7 heteroatoms. The summed E-state index contributed by atoms with van der Waals surface area (Å²) >= 11 is 0. The zero-order valence-electron chi connectivity index (χ0n) is 16.5. The standard InChI is InChI=1S/C20H32N4O3/c1-3-17-8-5-6-9-18(17)22-19(25)16-23-11-13-24(14-12-23)20(26)21-10-7-15-27-4-2/h5-6,8-9H,3-4,7,10-16H2,1-2H3,(H,21,26)(H,22,25). The molecule has 0 spiro atoms. The van der Waals surface area contributed by atoms with Crippen molar-refractivity contribution in [2.75, 3.05) is 57.8 Å². The molecule has 1 aromatic rings. The third-order valence-corrected chi connectivity index (χ3v) is 4.64. The van der Waals surface area contributed by atoms with Gasteiger partial charge < -0.3 is 20.3 Å². The molecule has 1 aliphatic rings. The highest BCUT2D eigenvalue weighted by Gasteiger charge is 2.22. The zero-order chi connectivity index (χ0) is 19.5. The molecule has 150 valence electrons. The summed E-state index contributed by atoms with van der Waals surface area (Å²) in [4.78, 5) is 28.4. The fraction of sp³-hybridized carbons (Fsp3) is 0.600. The minimum absolute atomic E-state index is 0.00951. The fourth-order valence-corrected chi connectivity index (χ4v) is 3.08. The summed E-state index contributed by atoms with van der Waals surface area (Å²) < 4.78 is 5.26. The molecule has 0 bridgehead atoms. The Kier molecular flexibility index (Phi) is 9.07. The highest BCUT2D eigenvalue weighted by atomic mass is 16.5. The second-order valence-electron chi connectivity index (χ2n) is 6.60. The minimum atomic E-state index is -0.0347. The Hall–Kier alpha value is -2.12. The van der Waals surface area contributed by atoms with E-state index < -0.39 is 0 Å². The van der Waals surface area contributed by atoms with Crippen LogP contribution in [0.3, 0.4) is 0 Å². The van der Waals surface area contributed by atoms with Gasteiger partial charge in [0, 0.05) is 51.6 Å². The molecule has 0 saturated carbocycles. The molecular weight excluding hydrogens is 344 g/mol. The van der Waals surface area contributed by atoms with Crippen LogP contribution in [0.5, 0.6) is 0 Å². The molecule has 1 aliphatic heterocycles. The molecule has 0 radical (unpaired) electrons. The summed E-state index contributed by atoms with van der Waals surface area (Å²) in [5, 5.41) is 5.92. The van der Waals surface area contributed by atoms with E-state index >= 15 is 0 Å². The fourth-order valence-electron chi connectivity index (χ4n) is 3.08. The van der Waals surface area contributed by atoms with Gasteiger partial charge in [-0.25, -0.2) is 4.79 Å². The lowest BCUT2D eigenvalue weighted by Gasteiger charge is -2.34. The van der Waals surface area contributed by atoms with Crippen molar-refractivity contribution in [2.24, 2.45) is 0 Å². The molecule has 0 unspecified atom stereocenters. The van der Waals surface area contributed by atoms with Crippen LogP contribution in [0.4, 0.5) is 10.5 Å². The molecule has 0 atom stereocenters. The van der Waals surface area contributed by atoms with Crippen molar-refractivity contribution in [1.82, 2.24) is 15.1 Å². The Bertz CT molecular complexity index is 601. The van der Waals surface area contributed by atoms with Crippen LogP contribution in [0.2, 0.25) is 0 Å². The van der Waals surface area contributed by atoms with E-state index in [1.807, 2.05) is 36.1 Å². The molecule has 1 heterocycles. The first-order chi connectivity index (χ1) is 13.1. The Morgan fingerprint density at radius 3 is 2.56 bits per heavy atom. The molecular formula is C20H32N4O3. The van der Waals surface area contributed by atoms with Crippen LogP contribution in [-0.4, -0.2) is 74.2 Å². The Labute approximate surface area is 162 Å². The molecule has 27 heavy (non-hydrogen) atoms. The summed E-state index contributed by atoms with van der Waals surface area (Å²) in [6.45, 7) is 9.05. The highest BCUT2D eigenvalue weighted by molar-refractivity contribution is 5.93. The van der Waals surface area contributed by atoms with Crippen molar-refractivity contribution >= 4 is 17.6 Å². The van der Waals surface area contributed by atoms with E-state index in [4.69, 9.17) is 4.74 Å². The maximum absolute atomic E-state index is 12.3. The number of carbonyl (C=O) groups is 2. The molecule has 0 aliphatic carbocycles. The number of nitrogens with zero attached hydrogens (tertiary/aromatic N) is 2. The van der Waals surface area contributed by atoms with E-state index in [0.717, 1.165) is 24.1 Å². The number of carbonyl (C=O) groups excluding carboxylic acids is 2. The number of nitrogens with one attached hydrogen (secondary N) is 2. The van der Waals surface area contributed by atoms with Crippen molar-refractivity contribution in [3.05, 3.63) is 29.8 Å². The van der Waals surface area contributed by atoms with Gasteiger partial charge in [-0.2, -0.15) is 0 Å². The third-order valence-electron chi connectivity index (χ3n) is 4.64. The molecule has 7 nitrogen and oxygen atoms in total. The van der Waals surface area contributed by atoms with Crippen LogP contribution < -0.4 is 10.6 Å². The second-order valence-corrected chi connectivity index (χ2v) is 6.60. The number of para-hydroxylation sites is 1. The van der Waals surface area contributed by atoms with E-state index in [1.165, 1.54) is 0 Å². The molecule has 0 aromatic heterocycles. The van der Waals surface area contributed by atoms with Crippen LogP contribution in [-0.2, 0) is 16.0 Å². The van der Waals surface area contributed by atoms with E-state index in [0.29, 0.717) is 52.5 Å². The summed E-state index contributed by atoms with van der Waals surface area (Å²) in [5.41, 5.74) is 2.02. The number of rotatable bonds is 9. The lowest BCUT2D eigenvalue weighted by atomic mass is 10.1. The first-order valence-corrected chi connectivity index (χ1v) is 9.84. The highest BCUT2D eigenvalue weighted by Crippen LogP contribution is 2.15. The monoisotopic (exact) mass is 376 g/mol. The van der Waals surface area contributed by atoms with E-state index in [9.17, 15) is 9.59 Å². The van der Waals surface area contributed by atoms with Crippen molar-refractivity contribution in [3.8, 4) is 0 Å². The molecule has 3 amide bonds. The summed E-state index contributed by atoms with van der Waals surface area (Å²) in [5.74, 6) is -0.00951. The average Bonchev–Trinajstić information content (AvgIpc) is 2.68. The quantitative estimate of drug-likeness (QED) is 0.646. The van der Waals surface area contributed by atoms with Gasteiger partial charge in [0.25, 0.3) is 0 Å². The van der Waals surface area contributed by atoms with Gasteiger partial charge in [0.1, 0.15) is 0 Å². The number of ether oxygens (including phenoxy) is 1. The van der Waals surface area contributed by atoms with Crippen LogP contribution >= 0.6 is 0 Å². The predicted octanol–water partition coefficient (Wildman–Crippen LogP) is 1.94. The lowest BCUT2D eigenvalue weighted by Crippen LogP contribution is -2.53. The second kappa shape index (κ2) is 11.6. The summed E-state index contributed by atoms with van der Waals surface area (Å²) in [6, 6.07) is 7.84. The number of aryl methyl sites for hydroxylation is 1. The smallest absolute Gasteiger partial charge is 0.317 e. The van der Waals surface area contributed by atoms with E-state index in [2.05, 4.69) is 22.5 Å². The lowest BCUT2D eigenvalue weighted by molar-refractivity contribution is -0.117. The third kappa shape index (κ3) is 7.19. The zero-order valence-corrected chi connectivity index (χ0v) is 16.5. The van der Waals surface area contributed by atoms with E-state index in [1.54, 1.807) is 0 Å². The molecule has 2 rings (SSSR count). The number of amides is 3. The summed E-state index contributed by atoms with van der Waals surface area (Å²) in [6.07, 6.45) is 1.70. The maximum atomic E-state index is 12.3. The minimum Gasteiger partial charge on any atom is -0.382 e. The number of anilines is 1. The van der Waals surface area contributed by atoms with Crippen molar-refractivity contribution in [3.63, 3.8) is 0 Å². The van der Waals surface area contributed by atoms with Crippen LogP contribution in [0.15, 0.2) is 24.3 Å². The Morgan fingerprint density at radius 2 is 1.85 bits per heavy atom. The van der Waals surface area contributed by atoms with Gasteiger partial charge >= 0.3 is 6.03 Å². The van der Waals surface area contributed by atoms with Gasteiger partial charge in [-0.05, 0) is 31.4 Å². The van der Waals surface area contributed by atoms with Gasteiger partial charge in [-0.1, -0.05) is 25.1 Å². The SMILES string of the molecule is CCOCCCNC(=O)N1CCN(CC(=O)Nc2ccccc2CC)CC1. The van der Waals surface area contributed by atoms with Crippen molar-refractivity contribution < 1.29 is 14.3 Å². The molecule has 1 saturated heterocycles. The predicted molar refractivity (Wildman–Crippen MR) is 107 cm³/mol. The van der Waals surface area contributed by atoms with Crippen LogP contribution in [0.25, 0.3) is 0 Å². The largest absolute Gasteiger partial charge is 0.382 e. The van der Waals surface area contributed by atoms with Crippen molar-refractivity contribution in [1.29, 1.82) is 0 Å². The van der Waals surface area contributed by atoms with E-state index in [-0.39, 0.29) is 11.9 Å². The molecule has 1 fully saturated rings. The maximum Gasteiger partial charge on any atom is 0.317 e. The number of urea groups is 1. The van der Waals surface area contributed by atoms with Crippen molar-refractivity contribution in [2.45, 2.75) is 26.7 Å². The summed E-state index contributed by atoms with van der Waals surface area (Å²) in [7, 11) is 0. The Balaban J connectivity index is 1.68. The van der Waals surface area contributed by atoms with Crippen LogP contribution in [0.1, 0.15) is 25.8 Å². The van der Waals surface area contributed by atoms with Crippen LogP contribution in [0, 0.1) is 0 Å². The number of hydrogen-bond donors (Lipinski definition) is 2.